The van der Waals surface area contributed by atoms with Crippen LogP contribution in [0.1, 0.15) is 45.1 Å². The monoisotopic (exact) mass is 280 g/mol. The molecule has 0 aliphatic heterocycles. The molecule has 0 bridgehead atoms. The zero-order valence-electron chi connectivity index (χ0n) is 12.6. The Morgan fingerprint density at radius 2 is 1.95 bits per heavy atom. The summed E-state index contributed by atoms with van der Waals surface area (Å²) in [5, 5.41) is 0. The standard InChI is InChI=1S/C16H24O4/c1-4-6-7-8-16(17)20-12-13-9-10-14(19-5-2)15(11-13)18-3/h9-11H,4-8,12H2,1-3H3. The van der Waals surface area contributed by atoms with E-state index >= 15 is 0 Å². The van der Waals surface area contributed by atoms with E-state index in [9.17, 15) is 4.79 Å². The summed E-state index contributed by atoms with van der Waals surface area (Å²) in [6.45, 7) is 4.89. The third kappa shape index (κ3) is 5.51. The molecule has 0 aromatic heterocycles. The number of benzene rings is 1. The molecule has 0 saturated heterocycles. The van der Waals surface area contributed by atoms with Crippen LogP contribution < -0.4 is 9.47 Å². The fraction of sp³-hybridized carbons (Fsp3) is 0.562. The van der Waals surface area contributed by atoms with E-state index < -0.39 is 0 Å². The molecule has 0 heterocycles. The van der Waals surface area contributed by atoms with Gasteiger partial charge in [0.2, 0.25) is 0 Å². The molecule has 0 fully saturated rings. The molecule has 1 aromatic rings. The van der Waals surface area contributed by atoms with Gasteiger partial charge in [-0.2, -0.15) is 0 Å². The SMILES string of the molecule is CCCCCC(=O)OCc1ccc(OCC)c(OC)c1. The molecule has 1 aromatic carbocycles. The van der Waals surface area contributed by atoms with Crippen LogP contribution in [-0.2, 0) is 16.1 Å². The Balaban J connectivity index is 2.49. The molecule has 112 valence electrons. The quantitative estimate of drug-likeness (QED) is 0.511. The molecule has 0 saturated carbocycles. The zero-order chi connectivity index (χ0) is 14.8. The summed E-state index contributed by atoms with van der Waals surface area (Å²) < 4.78 is 15.9. The lowest BCUT2D eigenvalue weighted by Crippen LogP contribution is -2.04. The van der Waals surface area contributed by atoms with E-state index in [4.69, 9.17) is 14.2 Å². The van der Waals surface area contributed by atoms with Crippen molar-refractivity contribution in [3.05, 3.63) is 23.8 Å². The average Bonchev–Trinajstić information content (AvgIpc) is 2.46. The van der Waals surface area contributed by atoms with Crippen LogP contribution in [0.15, 0.2) is 18.2 Å². The molecule has 4 nitrogen and oxygen atoms in total. The number of carbonyl (C=O) groups excluding carboxylic acids is 1. The number of carbonyl (C=O) groups is 1. The Morgan fingerprint density at radius 3 is 2.60 bits per heavy atom. The predicted octanol–water partition coefficient (Wildman–Crippen LogP) is 3.72. The molecule has 0 N–H and O–H groups in total. The summed E-state index contributed by atoms with van der Waals surface area (Å²) in [5.41, 5.74) is 0.897. The first kappa shape index (κ1) is 16.3. The van der Waals surface area contributed by atoms with Gasteiger partial charge in [0.1, 0.15) is 6.61 Å². The van der Waals surface area contributed by atoms with Crippen molar-refractivity contribution in [3.8, 4) is 11.5 Å². The van der Waals surface area contributed by atoms with E-state index in [-0.39, 0.29) is 12.6 Å². The number of unbranched alkanes of at least 4 members (excludes halogenated alkanes) is 2. The van der Waals surface area contributed by atoms with Crippen molar-refractivity contribution in [2.24, 2.45) is 0 Å². The van der Waals surface area contributed by atoms with Gasteiger partial charge in [-0.05, 0) is 31.0 Å². The Morgan fingerprint density at radius 1 is 1.15 bits per heavy atom. The van der Waals surface area contributed by atoms with Gasteiger partial charge in [-0.1, -0.05) is 25.8 Å². The van der Waals surface area contributed by atoms with Gasteiger partial charge in [0.15, 0.2) is 11.5 Å². The summed E-state index contributed by atoms with van der Waals surface area (Å²) in [5.74, 6) is 1.21. The summed E-state index contributed by atoms with van der Waals surface area (Å²) in [7, 11) is 1.60. The van der Waals surface area contributed by atoms with E-state index in [2.05, 4.69) is 6.92 Å². The second-order valence-corrected chi connectivity index (χ2v) is 4.54. The minimum Gasteiger partial charge on any atom is -0.493 e. The van der Waals surface area contributed by atoms with E-state index in [1.54, 1.807) is 7.11 Å². The number of hydrogen-bond acceptors (Lipinski definition) is 4. The fourth-order valence-corrected chi connectivity index (χ4v) is 1.83. The average molecular weight is 280 g/mol. The van der Waals surface area contributed by atoms with Crippen LogP contribution in [0.3, 0.4) is 0 Å². The first-order valence-electron chi connectivity index (χ1n) is 7.16. The predicted molar refractivity (Wildman–Crippen MR) is 78.1 cm³/mol. The minimum atomic E-state index is -0.147. The smallest absolute Gasteiger partial charge is 0.306 e. The van der Waals surface area contributed by atoms with Crippen molar-refractivity contribution in [2.75, 3.05) is 13.7 Å². The largest absolute Gasteiger partial charge is 0.493 e. The number of hydrogen-bond donors (Lipinski definition) is 0. The van der Waals surface area contributed by atoms with Crippen LogP contribution in [0.5, 0.6) is 11.5 Å². The first-order chi connectivity index (χ1) is 9.71. The maximum absolute atomic E-state index is 11.5. The molecule has 1 rings (SSSR count). The van der Waals surface area contributed by atoms with Crippen LogP contribution >= 0.6 is 0 Å². The van der Waals surface area contributed by atoms with Gasteiger partial charge in [0.05, 0.1) is 13.7 Å². The lowest BCUT2D eigenvalue weighted by molar-refractivity contribution is -0.145. The van der Waals surface area contributed by atoms with E-state index in [1.807, 2.05) is 25.1 Å². The van der Waals surface area contributed by atoms with Crippen LogP contribution in [-0.4, -0.2) is 19.7 Å². The second-order valence-electron chi connectivity index (χ2n) is 4.54. The molecule has 0 amide bonds. The molecule has 0 aliphatic carbocycles. The van der Waals surface area contributed by atoms with Crippen LogP contribution in [0, 0.1) is 0 Å². The van der Waals surface area contributed by atoms with Gasteiger partial charge < -0.3 is 14.2 Å². The van der Waals surface area contributed by atoms with E-state index in [1.165, 1.54) is 0 Å². The highest BCUT2D eigenvalue weighted by Crippen LogP contribution is 2.28. The Kier molecular flexibility index (Phi) is 7.55. The third-order valence-electron chi connectivity index (χ3n) is 2.91. The summed E-state index contributed by atoms with van der Waals surface area (Å²) >= 11 is 0. The van der Waals surface area contributed by atoms with Gasteiger partial charge >= 0.3 is 5.97 Å². The second kappa shape index (κ2) is 9.23. The molecule has 0 radical (unpaired) electrons. The van der Waals surface area contributed by atoms with Gasteiger partial charge in [0.25, 0.3) is 0 Å². The Labute approximate surface area is 121 Å². The highest BCUT2D eigenvalue weighted by Gasteiger charge is 2.07. The number of rotatable bonds is 9. The highest BCUT2D eigenvalue weighted by atomic mass is 16.5. The van der Waals surface area contributed by atoms with Gasteiger partial charge in [-0.15, -0.1) is 0 Å². The minimum absolute atomic E-state index is 0.147. The number of ether oxygens (including phenoxy) is 3. The fourth-order valence-electron chi connectivity index (χ4n) is 1.83. The van der Waals surface area contributed by atoms with Crippen molar-refractivity contribution >= 4 is 5.97 Å². The molecule has 0 atom stereocenters. The zero-order valence-corrected chi connectivity index (χ0v) is 12.6. The highest BCUT2D eigenvalue weighted by molar-refractivity contribution is 5.69. The molecule has 0 spiro atoms. The molecular formula is C16H24O4. The molecule has 4 heteroatoms. The Hall–Kier alpha value is -1.71. The van der Waals surface area contributed by atoms with Crippen LogP contribution in [0.2, 0.25) is 0 Å². The van der Waals surface area contributed by atoms with Crippen LogP contribution in [0.4, 0.5) is 0 Å². The van der Waals surface area contributed by atoms with Crippen molar-refractivity contribution in [1.29, 1.82) is 0 Å². The Bertz CT molecular complexity index is 415. The van der Waals surface area contributed by atoms with Crippen molar-refractivity contribution in [2.45, 2.75) is 46.1 Å². The van der Waals surface area contributed by atoms with E-state index in [0.29, 0.717) is 24.5 Å². The number of esters is 1. The first-order valence-corrected chi connectivity index (χ1v) is 7.16. The topological polar surface area (TPSA) is 44.8 Å². The van der Waals surface area contributed by atoms with Crippen LogP contribution in [0.25, 0.3) is 0 Å². The summed E-state index contributed by atoms with van der Waals surface area (Å²) in [6, 6.07) is 5.56. The molecule has 20 heavy (non-hydrogen) atoms. The maximum Gasteiger partial charge on any atom is 0.306 e. The van der Waals surface area contributed by atoms with Gasteiger partial charge in [0, 0.05) is 6.42 Å². The van der Waals surface area contributed by atoms with Crippen molar-refractivity contribution < 1.29 is 19.0 Å². The van der Waals surface area contributed by atoms with Gasteiger partial charge in [-0.3, -0.25) is 4.79 Å². The maximum atomic E-state index is 11.5. The summed E-state index contributed by atoms with van der Waals surface area (Å²) in [6.07, 6.45) is 3.54. The van der Waals surface area contributed by atoms with E-state index in [0.717, 1.165) is 24.8 Å². The normalized spacial score (nSPS) is 10.2. The molecule has 0 unspecified atom stereocenters. The lowest BCUT2D eigenvalue weighted by Gasteiger charge is -2.11. The lowest BCUT2D eigenvalue weighted by atomic mass is 10.2. The number of methoxy groups -OCH3 is 1. The summed E-state index contributed by atoms with van der Waals surface area (Å²) in [4.78, 5) is 11.5. The molecular weight excluding hydrogens is 256 g/mol. The van der Waals surface area contributed by atoms with Crippen molar-refractivity contribution in [3.63, 3.8) is 0 Å². The third-order valence-corrected chi connectivity index (χ3v) is 2.91. The van der Waals surface area contributed by atoms with Gasteiger partial charge in [-0.25, -0.2) is 0 Å². The molecule has 0 aliphatic rings. The van der Waals surface area contributed by atoms with Crippen molar-refractivity contribution in [1.82, 2.24) is 0 Å².